The van der Waals surface area contributed by atoms with E-state index in [1.54, 1.807) is 0 Å². The second kappa shape index (κ2) is 14.0. The number of benzene rings is 1. The van der Waals surface area contributed by atoms with E-state index in [-0.39, 0.29) is 8.46 Å². The Bertz CT molecular complexity index is 1210. The molecule has 3 nitrogen and oxygen atoms in total. The van der Waals surface area contributed by atoms with E-state index < -0.39 is 0 Å². The van der Waals surface area contributed by atoms with Gasteiger partial charge in [-0.25, -0.2) is 9.13 Å². The standard InChI is InChI=1S/C32H41N2OP/c1-6-9-29-26(5)32(14-12-28-17-21-34(22-18-28)23-24-36-35)30(10-7-2)25(4)31(29)13-11-27-15-19-33(8-3)20-16-27/h11-22H,6-10,23-24H2,1-5H3/q+2/b13-11+,14-12+. The molecular formula is C32H41N2OP+2. The first-order valence-corrected chi connectivity index (χ1v) is 14.3. The maximum Gasteiger partial charge on any atom is 0.169 e. The molecule has 0 saturated carbocycles. The van der Waals surface area contributed by atoms with Crippen molar-refractivity contribution in [2.24, 2.45) is 0 Å². The van der Waals surface area contributed by atoms with Crippen LogP contribution >= 0.6 is 8.46 Å². The minimum absolute atomic E-state index is 0.196. The zero-order chi connectivity index (χ0) is 25.9. The number of pyridine rings is 2. The van der Waals surface area contributed by atoms with Crippen LogP contribution in [0.4, 0.5) is 0 Å². The number of aryl methyl sites for hydroxylation is 2. The summed E-state index contributed by atoms with van der Waals surface area (Å²) in [5.41, 5.74) is 10.9. The van der Waals surface area contributed by atoms with Crippen molar-refractivity contribution in [2.45, 2.75) is 73.4 Å². The van der Waals surface area contributed by atoms with Gasteiger partial charge in [-0.1, -0.05) is 51.0 Å². The van der Waals surface area contributed by atoms with Crippen LogP contribution < -0.4 is 9.13 Å². The van der Waals surface area contributed by atoms with Gasteiger partial charge in [0.15, 0.2) is 39.8 Å². The van der Waals surface area contributed by atoms with Crippen molar-refractivity contribution in [1.29, 1.82) is 0 Å². The fraction of sp³-hybridized carbons (Fsp3) is 0.375. The molecule has 0 N–H and O–H groups in total. The lowest BCUT2D eigenvalue weighted by molar-refractivity contribution is -0.693. The van der Waals surface area contributed by atoms with Gasteiger partial charge in [-0.05, 0) is 78.1 Å². The van der Waals surface area contributed by atoms with Crippen LogP contribution in [0.15, 0.2) is 49.1 Å². The van der Waals surface area contributed by atoms with E-state index in [0.717, 1.165) is 38.8 Å². The maximum absolute atomic E-state index is 10.8. The molecule has 4 heteroatoms. The highest BCUT2D eigenvalue weighted by Crippen LogP contribution is 2.32. The Morgan fingerprint density at radius 2 is 1.14 bits per heavy atom. The van der Waals surface area contributed by atoms with Crippen LogP contribution in [-0.2, 0) is 30.5 Å². The molecule has 0 aliphatic carbocycles. The zero-order valence-corrected chi connectivity index (χ0v) is 23.5. The molecule has 3 aromatic rings. The lowest BCUT2D eigenvalue weighted by Crippen LogP contribution is -2.33. The molecule has 0 radical (unpaired) electrons. The molecular weight excluding hydrogens is 459 g/mol. The number of hydrogen-bond acceptors (Lipinski definition) is 1. The summed E-state index contributed by atoms with van der Waals surface area (Å²) in [5, 5.41) is 0. The average Bonchev–Trinajstić information content (AvgIpc) is 2.90. The predicted molar refractivity (Wildman–Crippen MR) is 153 cm³/mol. The van der Waals surface area contributed by atoms with Crippen LogP contribution in [0.1, 0.15) is 78.1 Å². The van der Waals surface area contributed by atoms with Gasteiger partial charge in [0.05, 0.1) is 6.16 Å². The first kappa shape index (κ1) is 27.7. The van der Waals surface area contributed by atoms with Gasteiger partial charge in [-0.3, -0.25) is 4.57 Å². The fourth-order valence-corrected chi connectivity index (χ4v) is 5.13. The Morgan fingerprint density at radius 1 is 0.694 bits per heavy atom. The van der Waals surface area contributed by atoms with Crippen LogP contribution in [0, 0.1) is 13.8 Å². The van der Waals surface area contributed by atoms with Crippen LogP contribution in [0.25, 0.3) is 24.3 Å². The summed E-state index contributed by atoms with van der Waals surface area (Å²) in [7, 11) is 0.196. The minimum Gasteiger partial charge on any atom is -0.275 e. The fourth-order valence-electron chi connectivity index (χ4n) is 4.81. The molecule has 2 aromatic heterocycles. The second-order valence-electron chi connectivity index (χ2n) is 9.39. The van der Waals surface area contributed by atoms with Crippen LogP contribution in [0.2, 0.25) is 0 Å². The van der Waals surface area contributed by atoms with E-state index in [4.69, 9.17) is 0 Å². The van der Waals surface area contributed by atoms with Gasteiger partial charge in [-0.2, -0.15) is 0 Å². The predicted octanol–water partition coefficient (Wildman–Crippen LogP) is 7.44. The van der Waals surface area contributed by atoms with E-state index in [9.17, 15) is 4.57 Å². The van der Waals surface area contributed by atoms with Crippen molar-refractivity contribution in [3.8, 4) is 0 Å². The third kappa shape index (κ3) is 7.08. The van der Waals surface area contributed by atoms with Crippen molar-refractivity contribution >= 4 is 32.8 Å². The number of nitrogens with zero attached hydrogens (tertiary/aromatic N) is 2. The third-order valence-electron chi connectivity index (χ3n) is 6.90. The summed E-state index contributed by atoms with van der Waals surface area (Å²) < 4.78 is 15.0. The Labute approximate surface area is 219 Å². The Morgan fingerprint density at radius 3 is 1.53 bits per heavy atom. The van der Waals surface area contributed by atoms with Crippen molar-refractivity contribution in [3.63, 3.8) is 0 Å². The lowest BCUT2D eigenvalue weighted by atomic mass is 9.83. The molecule has 3 rings (SSSR count). The van der Waals surface area contributed by atoms with Crippen molar-refractivity contribution in [1.82, 2.24) is 0 Å². The van der Waals surface area contributed by atoms with Crippen molar-refractivity contribution in [2.75, 3.05) is 6.16 Å². The number of hydrogen-bond donors (Lipinski definition) is 0. The smallest absolute Gasteiger partial charge is 0.169 e. The summed E-state index contributed by atoms with van der Waals surface area (Å²) >= 11 is 0. The zero-order valence-electron chi connectivity index (χ0n) is 22.6. The molecule has 0 aliphatic heterocycles. The molecule has 1 aromatic carbocycles. The average molecular weight is 501 g/mol. The van der Waals surface area contributed by atoms with E-state index >= 15 is 0 Å². The first-order valence-electron chi connectivity index (χ1n) is 13.3. The molecule has 188 valence electrons. The molecule has 0 saturated heterocycles. The van der Waals surface area contributed by atoms with Gasteiger partial charge in [0.1, 0.15) is 6.54 Å². The topological polar surface area (TPSA) is 24.8 Å². The monoisotopic (exact) mass is 500 g/mol. The molecule has 0 aliphatic rings. The van der Waals surface area contributed by atoms with Gasteiger partial charge in [0, 0.05) is 24.3 Å². The van der Waals surface area contributed by atoms with E-state index in [1.807, 2.05) is 0 Å². The number of rotatable bonds is 12. The first-order chi connectivity index (χ1) is 17.5. The molecule has 2 heterocycles. The van der Waals surface area contributed by atoms with Gasteiger partial charge in [0.2, 0.25) is 0 Å². The SMILES string of the molecule is CCCc1c(C)c(/C=C/c2cc[n+](CCP=O)cc2)c(CCC)c(C)c1/C=C/c1cc[n+](CC)cc1. The van der Waals surface area contributed by atoms with Crippen molar-refractivity contribution in [3.05, 3.63) is 93.6 Å². The van der Waals surface area contributed by atoms with Gasteiger partial charge < -0.3 is 0 Å². The highest BCUT2D eigenvalue weighted by molar-refractivity contribution is 7.23. The van der Waals surface area contributed by atoms with Crippen LogP contribution in [0.5, 0.6) is 0 Å². The molecule has 0 amide bonds. The van der Waals surface area contributed by atoms with Gasteiger partial charge in [-0.15, -0.1) is 0 Å². The summed E-state index contributed by atoms with van der Waals surface area (Å²) in [5.74, 6) is 0. The van der Waals surface area contributed by atoms with E-state index in [1.165, 1.54) is 44.5 Å². The van der Waals surface area contributed by atoms with Gasteiger partial charge >= 0.3 is 0 Å². The Hall–Kier alpha value is -2.90. The van der Waals surface area contributed by atoms with Crippen LogP contribution in [0.3, 0.4) is 0 Å². The van der Waals surface area contributed by atoms with E-state index in [0.29, 0.717) is 6.16 Å². The second-order valence-corrected chi connectivity index (χ2v) is 10.1. The van der Waals surface area contributed by atoms with E-state index in [2.05, 4.69) is 117 Å². The molecule has 0 bridgehead atoms. The molecule has 0 spiro atoms. The molecule has 0 atom stereocenters. The largest absolute Gasteiger partial charge is 0.275 e. The third-order valence-corrected chi connectivity index (χ3v) is 7.28. The number of aromatic nitrogens is 2. The Kier molecular flexibility index (Phi) is 10.8. The molecule has 36 heavy (non-hydrogen) atoms. The summed E-state index contributed by atoms with van der Waals surface area (Å²) in [6.45, 7) is 13.1. The lowest BCUT2D eigenvalue weighted by Gasteiger charge is -2.21. The highest BCUT2D eigenvalue weighted by atomic mass is 31.1. The summed E-state index contributed by atoms with van der Waals surface area (Å²) in [6.07, 6.45) is 22.6. The Balaban J connectivity index is 2.02. The highest BCUT2D eigenvalue weighted by Gasteiger charge is 2.16. The normalized spacial score (nSPS) is 11.8. The quantitative estimate of drug-likeness (QED) is 0.187. The van der Waals surface area contributed by atoms with Crippen LogP contribution in [-0.4, -0.2) is 6.16 Å². The van der Waals surface area contributed by atoms with Gasteiger partial charge in [0.25, 0.3) is 0 Å². The van der Waals surface area contributed by atoms with Crippen molar-refractivity contribution < 1.29 is 13.7 Å². The summed E-state index contributed by atoms with van der Waals surface area (Å²) in [4.78, 5) is 0. The summed E-state index contributed by atoms with van der Waals surface area (Å²) in [6, 6.07) is 8.64. The minimum atomic E-state index is 0.196. The molecule has 0 fully saturated rings. The molecule has 0 unspecified atom stereocenters. The maximum atomic E-state index is 10.8.